The second-order valence-corrected chi connectivity index (χ2v) is 11.2. The van der Waals surface area contributed by atoms with Gasteiger partial charge in [-0.3, -0.25) is 9.48 Å². The first-order valence-electron chi connectivity index (χ1n) is 14.3. The van der Waals surface area contributed by atoms with Gasteiger partial charge in [-0.1, -0.05) is 42.5 Å². The molecule has 0 saturated heterocycles. The van der Waals surface area contributed by atoms with Gasteiger partial charge in [0.25, 0.3) is 5.56 Å². The second-order valence-electron chi connectivity index (χ2n) is 11.2. The Bertz CT molecular complexity index is 1880. The van der Waals surface area contributed by atoms with E-state index in [4.69, 9.17) is 4.74 Å². The van der Waals surface area contributed by atoms with Crippen LogP contribution in [0, 0.1) is 5.82 Å². The third kappa shape index (κ3) is 6.48. The molecule has 238 valence electrons. The van der Waals surface area contributed by atoms with E-state index in [1.165, 1.54) is 41.8 Å². The number of alkyl halides is 6. The van der Waals surface area contributed by atoms with E-state index < -0.39 is 47.4 Å². The highest BCUT2D eigenvalue weighted by Gasteiger charge is 2.40. The summed E-state index contributed by atoms with van der Waals surface area (Å²) in [5.74, 6) is -1.20. The Kier molecular flexibility index (Phi) is 8.09. The van der Waals surface area contributed by atoms with Crippen LogP contribution in [0.2, 0.25) is 0 Å². The zero-order valence-electron chi connectivity index (χ0n) is 24.2. The van der Waals surface area contributed by atoms with E-state index in [9.17, 15) is 35.5 Å². The third-order valence-electron chi connectivity index (χ3n) is 8.05. The summed E-state index contributed by atoms with van der Waals surface area (Å²) >= 11 is 0. The molecule has 1 aliphatic heterocycles. The van der Waals surface area contributed by atoms with Crippen LogP contribution in [-0.4, -0.2) is 20.5 Å². The summed E-state index contributed by atoms with van der Waals surface area (Å²) in [6.45, 7) is 1.83. The summed E-state index contributed by atoms with van der Waals surface area (Å²) in [6.07, 6.45) is -8.73. The fourth-order valence-corrected chi connectivity index (χ4v) is 5.81. The van der Waals surface area contributed by atoms with Gasteiger partial charge in [-0.2, -0.15) is 31.4 Å². The van der Waals surface area contributed by atoms with Crippen molar-refractivity contribution in [3.63, 3.8) is 0 Å². The predicted octanol–water partition coefficient (Wildman–Crippen LogP) is 8.23. The summed E-state index contributed by atoms with van der Waals surface area (Å²) in [6, 6.07) is 19.7. The Morgan fingerprint density at radius 2 is 1.52 bits per heavy atom. The van der Waals surface area contributed by atoms with Crippen LogP contribution in [-0.2, 0) is 30.2 Å². The Balaban J connectivity index is 1.36. The molecule has 0 aliphatic carbocycles. The average Bonchev–Trinajstić information content (AvgIpc) is 3.62. The maximum atomic E-state index is 13.9. The van der Waals surface area contributed by atoms with Gasteiger partial charge >= 0.3 is 12.4 Å². The number of ether oxygens (including phenoxy) is 1. The summed E-state index contributed by atoms with van der Waals surface area (Å²) in [4.78, 5) is 13.4. The number of nitrogens with zero attached hydrogens (tertiary/aromatic N) is 3. The van der Waals surface area contributed by atoms with Crippen LogP contribution in [0.1, 0.15) is 52.5 Å². The largest absolute Gasteiger partial charge is 0.416 e. The molecule has 0 N–H and O–H groups in total. The van der Waals surface area contributed by atoms with Crippen molar-refractivity contribution in [1.29, 1.82) is 0 Å². The number of halogens is 7. The van der Waals surface area contributed by atoms with E-state index in [1.54, 1.807) is 23.1 Å². The van der Waals surface area contributed by atoms with Crippen molar-refractivity contribution in [3.8, 4) is 11.1 Å². The van der Waals surface area contributed by atoms with Crippen LogP contribution in [0.25, 0.3) is 11.1 Å². The van der Waals surface area contributed by atoms with Crippen molar-refractivity contribution in [2.45, 2.75) is 50.5 Å². The minimum absolute atomic E-state index is 0.0286. The maximum absolute atomic E-state index is 13.9. The van der Waals surface area contributed by atoms with Gasteiger partial charge in [0.1, 0.15) is 5.82 Å². The van der Waals surface area contributed by atoms with Crippen molar-refractivity contribution in [3.05, 3.63) is 147 Å². The first kappa shape index (κ1) is 31.3. The van der Waals surface area contributed by atoms with Crippen molar-refractivity contribution in [2.24, 2.45) is 0 Å². The number of fused-ring (bicyclic) bond motifs is 1. The quantitative estimate of drug-likeness (QED) is 0.168. The topological polar surface area (TPSA) is 49.0 Å². The number of pyridine rings is 1. The van der Waals surface area contributed by atoms with E-state index in [2.05, 4.69) is 5.10 Å². The molecule has 0 spiro atoms. The third-order valence-corrected chi connectivity index (χ3v) is 8.05. The van der Waals surface area contributed by atoms with Gasteiger partial charge in [0.05, 0.1) is 48.5 Å². The molecule has 0 unspecified atom stereocenters. The van der Waals surface area contributed by atoms with Crippen molar-refractivity contribution in [1.82, 2.24) is 14.3 Å². The molecule has 3 atom stereocenters. The Hall–Kier alpha value is -4.71. The minimum Gasteiger partial charge on any atom is -0.368 e. The zero-order chi connectivity index (χ0) is 32.8. The van der Waals surface area contributed by atoms with E-state index in [0.717, 1.165) is 5.56 Å². The number of hydrogen-bond acceptors (Lipinski definition) is 3. The first-order chi connectivity index (χ1) is 21.8. The van der Waals surface area contributed by atoms with Crippen molar-refractivity contribution < 1.29 is 35.5 Å². The van der Waals surface area contributed by atoms with Crippen LogP contribution in [0.15, 0.2) is 102 Å². The Morgan fingerprint density at radius 1 is 0.870 bits per heavy atom. The molecule has 12 heteroatoms. The summed E-state index contributed by atoms with van der Waals surface area (Å²) in [5.41, 5.74) is -0.303. The van der Waals surface area contributed by atoms with Crippen LogP contribution in [0.3, 0.4) is 0 Å². The van der Waals surface area contributed by atoms with Gasteiger partial charge in [-0.25, -0.2) is 4.39 Å². The molecule has 5 aromatic rings. The monoisotopic (exact) mass is 641 g/mol. The number of aromatic nitrogens is 3. The number of hydrogen-bond donors (Lipinski definition) is 0. The number of benzene rings is 3. The van der Waals surface area contributed by atoms with Crippen LogP contribution in [0.5, 0.6) is 0 Å². The SMILES string of the molecule is C[C@@H](O[C@H]1Cn2c(cc(-c3cnn(Cc4ccccc4)c3)cc2=O)[C@@H]1c1ccc(F)cc1)c1cc(C(F)(F)F)cc(C(F)(F)F)c1. The molecule has 0 radical (unpaired) electrons. The lowest BCUT2D eigenvalue weighted by molar-refractivity contribution is -0.143. The van der Waals surface area contributed by atoms with Gasteiger partial charge < -0.3 is 9.30 Å². The van der Waals surface area contributed by atoms with Crippen LogP contribution < -0.4 is 5.56 Å². The van der Waals surface area contributed by atoms with Crippen molar-refractivity contribution >= 4 is 0 Å². The molecule has 6 rings (SSSR count). The van der Waals surface area contributed by atoms with Gasteiger partial charge in [0.15, 0.2) is 0 Å². The molecule has 46 heavy (non-hydrogen) atoms. The summed E-state index contributed by atoms with van der Waals surface area (Å²) in [5, 5.41) is 4.42. The molecular weight excluding hydrogens is 615 g/mol. The second kappa shape index (κ2) is 11.9. The lowest BCUT2D eigenvalue weighted by Crippen LogP contribution is -2.24. The lowest BCUT2D eigenvalue weighted by atomic mass is 9.91. The highest BCUT2D eigenvalue weighted by atomic mass is 19.4. The minimum atomic E-state index is -5.02. The average molecular weight is 642 g/mol. The highest BCUT2D eigenvalue weighted by molar-refractivity contribution is 5.62. The molecule has 0 fully saturated rings. The fraction of sp³-hybridized carbons (Fsp3) is 0.235. The van der Waals surface area contributed by atoms with E-state index >= 15 is 0 Å². The number of rotatable bonds is 7. The molecule has 3 heterocycles. The van der Waals surface area contributed by atoms with E-state index in [-0.39, 0.29) is 23.7 Å². The Morgan fingerprint density at radius 3 is 2.15 bits per heavy atom. The first-order valence-corrected chi connectivity index (χ1v) is 14.3. The molecule has 1 aliphatic rings. The Labute approximate surface area is 258 Å². The predicted molar refractivity (Wildman–Crippen MR) is 155 cm³/mol. The molecule has 2 aromatic heterocycles. The molecule has 0 amide bonds. The maximum Gasteiger partial charge on any atom is 0.416 e. The molecule has 3 aromatic carbocycles. The smallest absolute Gasteiger partial charge is 0.368 e. The standard InChI is InChI=1S/C34H26F7N3O2/c1-20(23-11-26(33(36,37)38)15-27(12-23)34(39,40)41)46-30-19-44-29(32(30)22-7-9-28(35)10-8-22)13-24(14-31(44)45)25-16-42-43(18-25)17-21-5-3-2-4-6-21/h2-16,18,20,30,32H,17,19H2,1H3/t20-,30+,32+/m1/s1. The highest BCUT2D eigenvalue weighted by Crippen LogP contribution is 2.41. The fourth-order valence-electron chi connectivity index (χ4n) is 5.81. The normalized spacial score (nSPS) is 17.2. The van der Waals surface area contributed by atoms with Crippen molar-refractivity contribution in [2.75, 3.05) is 0 Å². The van der Waals surface area contributed by atoms with Gasteiger partial charge in [0, 0.05) is 23.5 Å². The van der Waals surface area contributed by atoms with Gasteiger partial charge in [-0.15, -0.1) is 0 Å². The van der Waals surface area contributed by atoms with E-state index in [1.807, 2.05) is 30.3 Å². The van der Waals surface area contributed by atoms with Gasteiger partial charge in [0.2, 0.25) is 0 Å². The van der Waals surface area contributed by atoms with Gasteiger partial charge in [-0.05, 0) is 65.6 Å². The summed E-state index contributed by atoms with van der Waals surface area (Å²) < 4.78 is 105. The molecule has 0 bridgehead atoms. The lowest BCUT2D eigenvalue weighted by Gasteiger charge is -2.25. The molecule has 0 saturated carbocycles. The van der Waals surface area contributed by atoms with E-state index in [0.29, 0.717) is 41.1 Å². The zero-order valence-corrected chi connectivity index (χ0v) is 24.2. The van der Waals surface area contributed by atoms with Crippen LogP contribution >= 0.6 is 0 Å². The summed E-state index contributed by atoms with van der Waals surface area (Å²) in [7, 11) is 0. The van der Waals surface area contributed by atoms with Crippen LogP contribution in [0.4, 0.5) is 30.7 Å². The molecule has 5 nitrogen and oxygen atoms in total. The molecular formula is C34H26F7N3O2.